The second-order valence-electron chi connectivity index (χ2n) is 8.31. The summed E-state index contributed by atoms with van der Waals surface area (Å²) in [5.74, 6) is 0.543. The van der Waals surface area contributed by atoms with Gasteiger partial charge in [0.15, 0.2) is 11.2 Å². The highest BCUT2D eigenvalue weighted by molar-refractivity contribution is 5.94. The highest BCUT2D eigenvalue weighted by Gasteiger charge is 2.28. The van der Waals surface area contributed by atoms with Crippen molar-refractivity contribution in [3.05, 3.63) is 87.5 Å². The number of nitrogens with one attached hydrogen (secondary N) is 1. The van der Waals surface area contributed by atoms with Crippen LogP contribution in [0.1, 0.15) is 46.1 Å². The quantitative estimate of drug-likeness (QED) is 0.539. The van der Waals surface area contributed by atoms with Gasteiger partial charge < -0.3 is 9.88 Å². The van der Waals surface area contributed by atoms with Crippen LogP contribution in [0, 0.1) is 6.92 Å². The van der Waals surface area contributed by atoms with Crippen molar-refractivity contribution in [3.8, 4) is 0 Å². The molecule has 8 nitrogen and oxygen atoms in total. The molecule has 0 unspecified atom stereocenters. The second-order valence-corrected chi connectivity index (χ2v) is 8.31. The molecule has 1 N–H and O–H groups in total. The maximum atomic E-state index is 12.9. The van der Waals surface area contributed by atoms with E-state index < -0.39 is 0 Å². The molecule has 5 rings (SSSR count). The number of rotatable bonds is 4. The third-order valence-electron chi connectivity index (χ3n) is 5.96. The SMILES string of the molecule is Cc1ccc(Cn2nnc3c(=O)[nH]c([C@H]4CCCN(C(=O)c5ccccc5)C4)nc32)cc1. The van der Waals surface area contributed by atoms with Crippen LogP contribution in [0.4, 0.5) is 0 Å². The van der Waals surface area contributed by atoms with Gasteiger partial charge in [-0.05, 0) is 37.5 Å². The normalized spacial score (nSPS) is 16.4. The van der Waals surface area contributed by atoms with E-state index in [-0.39, 0.29) is 22.9 Å². The molecule has 1 fully saturated rings. The summed E-state index contributed by atoms with van der Waals surface area (Å²) in [6, 6.07) is 17.4. The lowest BCUT2D eigenvalue weighted by Gasteiger charge is -2.32. The molecule has 0 radical (unpaired) electrons. The van der Waals surface area contributed by atoms with Gasteiger partial charge in [0, 0.05) is 24.6 Å². The highest BCUT2D eigenvalue weighted by Crippen LogP contribution is 2.26. The van der Waals surface area contributed by atoms with Gasteiger partial charge in [0.25, 0.3) is 11.5 Å². The van der Waals surface area contributed by atoms with Crippen LogP contribution in [0.2, 0.25) is 0 Å². The average molecular weight is 428 g/mol. The minimum absolute atomic E-state index is 0.00445. The maximum Gasteiger partial charge on any atom is 0.281 e. The fraction of sp³-hybridized carbons (Fsp3) is 0.292. The lowest BCUT2D eigenvalue weighted by Crippen LogP contribution is -2.39. The van der Waals surface area contributed by atoms with Crippen molar-refractivity contribution in [2.45, 2.75) is 32.2 Å². The second kappa shape index (κ2) is 8.37. The molecule has 1 amide bonds. The Morgan fingerprint density at radius 1 is 1.12 bits per heavy atom. The molecule has 0 saturated carbocycles. The summed E-state index contributed by atoms with van der Waals surface area (Å²) >= 11 is 0. The topological polar surface area (TPSA) is 96.8 Å². The van der Waals surface area contributed by atoms with Gasteiger partial charge in [-0.1, -0.05) is 53.2 Å². The first kappa shape index (κ1) is 20.1. The average Bonchev–Trinajstić information content (AvgIpc) is 3.24. The Balaban J connectivity index is 1.43. The molecule has 162 valence electrons. The van der Waals surface area contributed by atoms with Crippen LogP contribution >= 0.6 is 0 Å². The lowest BCUT2D eigenvalue weighted by atomic mass is 9.96. The third-order valence-corrected chi connectivity index (χ3v) is 5.96. The predicted octanol–water partition coefficient (Wildman–Crippen LogP) is 2.89. The molecule has 1 aliphatic heterocycles. The van der Waals surface area contributed by atoms with Crippen molar-refractivity contribution >= 4 is 17.1 Å². The minimum atomic E-state index is -0.299. The van der Waals surface area contributed by atoms with Gasteiger partial charge in [-0.25, -0.2) is 9.67 Å². The first-order chi connectivity index (χ1) is 15.6. The molecular formula is C24H24N6O2. The number of hydrogen-bond donors (Lipinski definition) is 1. The smallest absolute Gasteiger partial charge is 0.281 e. The van der Waals surface area contributed by atoms with Gasteiger partial charge >= 0.3 is 0 Å². The minimum Gasteiger partial charge on any atom is -0.338 e. The van der Waals surface area contributed by atoms with E-state index in [2.05, 4.69) is 15.3 Å². The highest BCUT2D eigenvalue weighted by atomic mass is 16.2. The van der Waals surface area contributed by atoms with Crippen LogP contribution in [-0.2, 0) is 6.54 Å². The van der Waals surface area contributed by atoms with Crippen molar-refractivity contribution in [1.82, 2.24) is 29.9 Å². The van der Waals surface area contributed by atoms with Crippen LogP contribution in [0.3, 0.4) is 0 Å². The maximum absolute atomic E-state index is 12.9. The number of carbonyl (C=O) groups is 1. The number of H-pyrrole nitrogens is 1. The number of hydrogen-bond acceptors (Lipinski definition) is 5. The molecule has 1 atom stereocenters. The molecule has 8 heteroatoms. The Hall–Kier alpha value is -3.81. The number of aromatic amines is 1. The molecule has 0 spiro atoms. The van der Waals surface area contributed by atoms with Gasteiger partial charge in [0.2, 0.25) is 0 Å². The first-order valence-corrected chi connectivity index (χ1v) is 10.8. The van der Waals surface area contributed by atoms with Crippen LogP contribution in [0.25, 0.3) is 11.2 Å². The van der Waals surface area contributed by atoms with E-state index in [1.807, 2.05) is 66.4 Å². The summed E-state index contributed by atoms with van der Waals surface area (Å²) < 4.78 is 1.66. The van der Waals surface area contributed by atoms with E-state index in [4.69, 9.17) is 4.98 Å². The van der Waals surface area contributed by atoms with Gasteiger partial charge in [-0.2, -0.15) is 0 Å². The monoisotopic (exact) mass is 428 g/mol. The molecule has 1 saturated heterocycles. The molecule has 32 heavy (non-hydrogen) atoms. The number of fused-ring (bicyclic) bond motifs is 1. The van der Waals surface area contributed by atoms with Crippen LogP contribution in [0.15, 0.2) is 59.4 Å². The summed E-state index contributed by atoms with van der Waals surface area (Å²) in [6.07, 6.45) is 1.71. The van der Waals surface area contributed by atoms with Crippen LogP contribution < -0.4 is 5.56 Å². The number of amides is 1. The Kier molecular flexibility index (Phi) is 5.26. The van der Waals surface area contributed by atoms with Crippen molar-refractivity contribution in [2.24, 2.45) is 0 Å². The molecule has 3 heterocycles. The Bertz CT molecular complexity index is 1310. The summed E-state index contributed by atoms with van der Waals surface area (Å²) in [7, 11) is 0. The van der Waals surface area contributed by atoms with Gasteiger partial charge in [-0.15, -0.1) is 5.10 Å². The van der Waals surface area contributed by atoms with Crippen LogP contribution in [-0.4, -0.2) is 48.9 Å². The van der Waals surface area contributed by atoms with E-state index in [0.29, 0.717) is 36.7 Å². The fourth-order valence-electron chi connectivity index (χ4n) is 4.20. The van der Waals surface area contributed by atoms with E-state index in [0.717, 1.165) is 18.4 Å². The predicted molar refractivity (Wildman–Crippen MR) is 121 cm³/mol. The molecule has 2 aromatic carbocycles. The number of piperidine rings is 1. The molecular weight excluding hydrogens is 404 g/mol. The number of benzene rings is 2. The zero-order chi connectivity index (χ0) is 22.1. The Morgan fingerprint density at radius 3 is 2.69 bits per heavy atom. The van der Waals surface area contributed by atoms with Gasteiger partial charge in [-0.3, -0.25) is 9.59 Å². The molecule has 0 bridgehead atoms. The van der Waals surface area contributed by atoms with Gasteiger partial charge in [0.05, 0.1) is 6.54 Å². The largest absolute Gasteiger partial charge is 0.338 e. The van der Waals surface area contributed by atoms with E-state index in [1.165, 1.54) is 5.56 Å². The van der Waals surface area contributed by atoms with Crippen molar-refractivity contribution in [1.29, 1.82) is 0 Å². The summed E-state index contributed by atoms with van der Waals surface area (Å²) in [4.78, 5) is 35.1. The van der Waals surface area contributed by atoms with E-state index >= 15 is 0 Å². The number of carbonyl (C=O) groups excluding carboxylic acids is 1. The number of aromatic nitrogens is 5. The van der Waals surface area contributed by atoms with Crippen molar-refractivity contribution in [2.75, 3.05) is 13.1 Å². The number of aryl methyl sites for hydroxylation is 1. The van der Waals surface area contributed by atoms with E-state index in [1.54, 1.807) is 4.68 Å². The zero-order valence-electron chi connectivity index (χ0n) is 17.9. The number of nitrogens with zero attached hydrogens (tertiary/aromatic N) is 5. The van der Waals surface area contributed by atoms with Crippen LogP contribution in [0.5, 0.6) is 0 Å². The third kappa shape index (κ3) is 3.91. The summed E-state index contributed by atoms with van der Waals surface area (Å²) in [5.41, 5.74) is 3.31. The zero-order valence-corrected chi connectivity index (χ0v) is 17.9. The standard InChI is InChI=1S/C24H24N6O2/c1-16-9-11-17(12-10-16)14-30-22-20(27-28-30)23(31)26-21(25-22)19-8-5-13-29(15-19)24(32)18-6-3-2-4-7-18/h2-4,6-7,9-12,19H,5,8,13-15H2,1H3,(H,25,26,31)/t19-/m0/s1. The summed E-state index contributed by atoms with van der Waals surface area (Å²) in [5, 5.41) is 8.21. The molecule has 1 aliphatic rings. The lowest BCUT2D eigenvalue weighted by molar-refractivity contribution is 0.0704. The Labute approximate surface area is 184 Å². The Morgan fingerprint density at radius 2 is 1.91 bits per heavy atom. The van der Waals surface area contributed by atoms with Gasteiger partial charge in [0.1, 0.15) is 5.82 Å². The van der Waals surface area contributed by atoms with Crippen molar-refractivity contribution < 1.29 is 4.79 Å². The van der Waals surface area contributed by atoms with Crippen molar-refractivity contribution in [3.63, 3.8) is 0 Å². The first-order valence-electron chi connectivity index (χ1n) is 10.8. The van der Waals surface area contributed by atoms with E-state index in [9.17, 15) is 9.59 Å². The number of likely N-dealkylation sites (tertiary alicyclic amines) is 1. The molecule has 4 aromatic rings. The fourth-order valence-corrected chi connectivity index (χ4v) is 4.20. The summed E-state index contributed by atoms with van der Waals surface area (Å²) in [6.45, 7) is 3.74. The molecule has 0 aliphatic carbocycles. The molecule has 2 aromatic heterocycles.